The van der Waals surface area contributed by atoms with Gasteiger partial charge in [-0.15, -0.1) is 0 Å². The van der Waals surface area contributed by atoms with Gasteiger partial charge in [0.1, 0.15) is 5.69 Å². The summed E-state index contributed by atoms with van der Waals surface area (Å²) in [5.74, 6) is -0.316. The lowest BCUT2D eigenvalue weighted by Gasteiger charge is -2.32. The average Bonchev–Trinajstić information content (AvgIpc) is 2.87. The molecular weight excluding hydrogens is 292 g/mol. The summed E-state index contributed by atoms with van der Waals surface area (Å²) in [4.78, 5) is 25.2. The number of hydrogen-bond acceptors (Lipinski definition) is 2. The molecule has 0 unspecified atom stereocenters. The van der Waals surface area contributed by atoms with Crippen LogP contribution >= 0.6 is 0 Å². The Morgan fingerprint density at radius 2 is 2.14 bits per heavy atom. The van der Waals surface area contributed by atoms with Crippen molar-refractivity contribution in [2.45, 2.75) is 33.2 Å². The van der Waals surface area contributed by atoms with Crippen molar-refractivity contribution in [1.82, 2.24) is 14.8 Å². The molecule has 0 aromatic carbocycles. The molecule has 2 amide bonds. The summed E-state index contributed by atoms with van der Waals surface area (Å²) in [7, 11) is 0. The smallest absolute Gasteiger partial charge is 0.319 e. The second-order valence-electron chi connectivity index (χ2n) is 5.69. The van der Waals surface area contributed by atoms with E-state index in [1.807, 2.05) is 0 Å². The Morgan fingerprint density at radius 3 is 2.77 bits per heavy atom. The molecule has 0 radical (unpaired) electrons. The molecule has 1 aliphatic heterocycles. The third kappa shape index (κ3) is 3.64. The monoisotopic (exact) mass is 313 g/mol. The van der Waals surface area contributed by atoms with Crippen LogP contribution < -0.4 is 5.32 Å². The normalized spacial score (nSPS) is 18.6. The van der Waals surface area contributed by atoms with E-state index in [1.165, 1.54) is 26.0 Å². The first kappa shape index (κ1) is 16.5. The molecule has 1 N–H and O–H groups in total. The number of piperidine rings is 1. The summed E-state index contributed by atoms with van der Waals surface area (Å²) >= 11 is 0. The van der Waals surface area contributed by atoms with E-state index in [0.29, 0.717) is 18.8 Å². The van der Waals surface area contributed by atoms with Crippen LogP contribution in [0, 0.1) is 12.8 Å². The average molecular weight is 313 g/mol. The summed E-state index contributed by atoms with van der Waals surface area (Å²) in [6.07, 6.45) is 1.81. The summed E-state index contributed by atoms with van der Waals surface area (Å²) in [5.41, 5.74) is 0.312. The van der Waals surface area contributed by atoms with Gasteiger partial charge in [-0.05, 0) is 37.8 Å². The minimum Gasteiger partial charge on any atom is -0.350 e. The number of nitrogens with one attached hydrogen (secondary N) is 1. The lowest BCUT2D eigenvalue weighted by atomic mass is 9.98. The quantitative estimate of drug-likeness (QED) is 0.926. The van der Waals surface area contributed by atoms with Gasteiger partial charge in [0.25, 0.3) is 5.91 Å². The summed E-state index contributed by atoms with van der Waals surface area (Å²) in [6, 6.07) is 2.90. The number of hydrogen-bond donors (Lipinski definition) is 1. The molecule has 1 aliphatic rings. The largest absolute Gasteiger partial charge is 0.350 e. The van der Waals surface area contributed by atoms with Crippen LogP contribution in [0.25, 0.3) is 0 Å². The fourth-order valence-electron chi connectivity index (χ4n) is 2.84. The predicted octanol–water partition coefficient (Wildman–Crippen LogP) is 2.18. The molecule has 1 aromatic rings. The van der Waals surface area contributed by atoms with Crippen molar-refractivity contribution >= 4 is 11.8 Å². The zero-order chi connectivity index (χ0) is 16.3. The Balaban J connectivity index is 1.94. The van der Waals surface area contributed by atoms with Crippen LogP contribution in [0.2, 0.25) is 0 Å². The molecule has 0 aliphatic carbocycles. The van der Waals surface area contributed by atoms with Crippen LogP contribution in [-0.2, 0) is 4.79 Å². The molecule has 7 heteroatoms. The van der Waals surface area contributed by atoms with Gasteiger partial charge in [0, 0.05) is 32.3 Å². The summed E-state index contributed by atoms with van der Waals surface area (Å²) < 4.78 is 26.6. The molecule has 0 saturated carbocycles. The number of carbonyl (C=O) groups excluding carboxylic acids is 2. The second kappa shape index (κ2) is 6.89. The molecule has 1 fully saturated rings. The topological polar surface area (TPSA) is 54.3 Å². The van der Waals surface area contributed by atoms with Gasteiger partial charge in [0.05, 0.1) is 0 Å². The van der Waals surface area contributed by atoms with Crippen molar-refractivity contribution in [2.75, 3.05) is 19.6 Å². The molecule has 22 heavy (non-hydrogen) atoms. The fraction of sp³-hybridized carbons (Fsp3) is 0.600. The Hall–Kier alpha value is -1.92. The van der Waals surface area contributed by atoms with Crippen LogP contribution in [0.5, 0.6) is 0 Å². The molecular formula is C15H21F2N3O2. The number of carbonyl (C=O) groups is 2. The molecule has 122 valence electrons. The fourth-order valence-corrected chi connectivity index (χ4v) is 2.84. The van der Waals surface area contributed by atoms with E-state index < -0.39 is 12.5 Å². The molecule has 1 atom stereocenters. The highest BCUT2D eigenvalue weighted by atomic mass is 19.3. The second-order valence-corrected chi connectivity index (χ2v) is 5.69. The van der Waals surface area contributed by atoms with Crippen molar-refractivity contribution in [3.8, 4) is 0 Å². The number of alkyl halides is 2. The van der Waals surface area contributed by atoms with E-state index in [-0.39, 0.29) is 17.5 Å². The molecule has 2 rings (SSSR count). The number of amides is 2. The number of rotatable bonds is 4. The number of halogens is 2. The van der Waals surface area contributed by atoms with Crippen molar-refractivity contribution in [1.29, 1.82) is 0 Å². The molecule has 5 nitrogen and oxygen atoms in total. The Morgan fingerprint density at radius 1 is 1.41 bits per heavy atom. The Labute approximate surface area is 128 Å². The third-order valence-corrected chi connectivity index (χ3v) is 4.07. The highest BCUT2D eigenvalue weighted by Crippen LogP contribution is 2.19. The van der Waals surface area contributed by atoms with Gasteiger partial charge >= 0.3 is 6.55 Å². The maximum atomic E-state index is 13.0. The van der Waals surface area contributed by atoms with E-state index in [1.54, 1.807) is 4.90 Å². The van der Waals surface area contributed by atoms with Gasteiger partial charge in [-0.1, -0.05) is 0 Å². The highest BCUT2D eigenvalue weighted by molar-refractivity contribution is 5.93. The first-order valence-corrected chi connectivity index (χ1v) is 7.40. The number of nitrogens with zero attached hydrogens (tertiary/aromatic N) is 2. The van der Waals surface area contributed by atoms with Crippen molar-refractivity contribution < 1.29 is 18.4 Å². The van der Waals surface area contributed by atoms with Crippen LogP contribution in [0.15, 0.2) is 12.1 Å². The van der Waals surface area contributed by atoms with Crippen molar-refractivity contribution in [2.24, 2.45) is 5.92 Å². The third-order valence-electron chi connectivity index (χ3n) is 4.07. The summed E-state index contributed by atoms with van der Waals surface area (Å²) in [6.45, 7) is 2.06. The lowest BCUT2D eigenvalue weighted by Crippen LogP contribution is -2.43. The van der Waals surface area contributed by atoms with Crippen LogP contribution in [-0.4, -0.2) is 40.9 Å². The van der Waals surface area contributed by atoms with E-state index in [0.717, 1.165) is 24.0 Å². The Bertz CT molecular complexity index is 557. The minimum atomic E-state index is -2.74. The van der Waals surface area contributed by atoms with Crippen LogP contribution in [0.1, 0.15) is 42.5 Å². The molecule has 0 bridgehead atoms. The van der Waals surface area contributed by atoms with Gasteiger partial charge in [0.2, 0.25) is 5.91 Å². The molecule has 2 heterocycles. The van der Waals surface area contributed by atoms with E-state index in [9.17, 15) is 18.4 Å². The zero-order valence-corrected chi connectivity index (χ0v) is 12.8. The van der Waals surface area contributed by atoms with Gasteiger partial charge in [0.15, 0.2) is 0 Å². The van der Waals surface area contributed by atoms with E-state index >= 15 is 0 Å². The Kier molecular flexibility index (Phi) is 5.15. The van der Waals surface area contributed by atoms with Crippen LogP contribution in [0.3, 0.4) is 0 Å². The first-order valence-electron chi connectivity index (χ1n) is 7.40. The molecule has 1 aromatic heterocycles. The van der Waals surface area contributed by atoms with Gasteiger partial charge in [-0.3, -0.25) is 14.2 Å². The van der Waals surface area contributed by atoms with E-state index in [2.05, 4.69) is 5.32 Å². The van der Waals surface area contributed by atoms with Crippen molar-refractivity contribution in [3.63, 3.8) is 0 Å². The SMILES string of the molecule is CC(=O)N1CCC[C@H](CNC(=O)c2ccc(C)n2C(F)F)C1. The summed E-state index contributed by atoms with van der Waals surface area (Å²) in [5, 5.41) is 2.71. The minimum absolute atomic E-state index is 0.0261. The highest BCUT2D eigenvalue weighted by Gasteiger charge is 2.23. The first-order chi connectivity index (χ1) is 10.4. The maximum absolute atomic E-state index is 13.0. The van der Waals surface area contributed by atoms with Gasteiger partial charge < -0.3 is 10.2 Å². The van der Waals surface area contributed by atoms with E-state index in [4.69, 9.17) is 0 Å². The number of aryl methyl sites for hydroxylation is 1. The zero-order valence-electron chi connectivity index (χ0n) is 12.8. The van der Waals surface area contributed by atoms with Crippen LogP contribution in [0.4, 0.5) is 8.78 Å². The number of likely N-dealkylation sites (tertiary alicyclic amines) is 1. The van der Waals surface area contributed by atoms with Gasteiger partial charge in [-0.2, -0.15) is 8.78 Å². The maximum Gasteiger partial charge on any atom is 0.319 e. The number of aromatic nitrogens is 1. The van der Waals surface area contributed by atoms with Gasteiger partial charge in [-0.25, -0.2) is 0 Å². The molecule has 1 saturated heterocycles. The predicted molar refractivity (Wildman–Crippen MR) is 77.7 cm³/mol. The lowest BCUT2D eigenvalue weighted by molar-refractivity contribution is -0.130. The van der Waals surface area contributed by atoms with Crippen molar-refractivity contribution in [3.05, 3.63) is 23.5 Å². The standard InChI is InChI=1S/C15H21F2N3O2/c1-10-5-6-13(20(10)15(16)17)14(22)18-8-12-4-3-7-19(9-12)11(2)21/h5-6,12,15H,3-4,7-9H2,1-2H3,(H,18,22)/t12-/m1/s1. The molecule has 0 spiro atoms.